The summed E-state index contributed by atoms with van der Waals surface area (Å²) in [7, 11) is 0. The fraction of sp³-hybridized carbons (Fsp3) is 0.818. The Bertz CT molecular complexity index is 267. The number of unbranched alkanes of at least 4 members (excludes halogenated alkanes) is 2. The Morgan fingerprint density at radius 3 is 2.73 bits per heavy atom. The first-order valence-corrected chi connectivity index (χ1v) is 5.82. The van der Waals surface area contributed by atoms with Crippen LogP contribution in [0.25, 0.3) is 0 Å². The van der Waals surface area contributed by atoms with E-state index < -0.39 is 0 Å². The van der Waals surface area contributed by atoms with Crippen molar-refractivity contribution in [2.75, 3.05) is 6.54 Å². The van der Waals surface area contributed by atoms with E-state index in [2.05, 4.69) is 29.0 Å². The van der Waals surface area contributed by atoms with Crippen LogP contribution in [0, 0.1) is 5.92 Å². The monoisotopic (exact) mass is 210 g/mol. The Balaban J connectivity index is 2.26. The summed E-state index contributed by atoms with van der Waals surface area (Å²) in [6, 6.07) is 0. The number of aromatic nitrogens is 3. The van der Waals surface area contributed by atoms with Crippen LogP contribution >= 0.6 is 0 Å². The van der Waals surface area contributed by atoms with Gasteiger partial charge in [-0.25, -0.2) is 4.98 Å². The molecule has 0 unspecified atom stereocenters. The molecule has 4 heteroatoms. The number of hydrogen-bond acceptors (Lipinski definition) is 3. The van der Waals surface area contributed by atoms with Gasteiger partial charge in [0, 0.05) is 12.8 Å². The third-order valence-corrected chi connectivity index (χ3v) is 2.28. The van der Waals surface area contributed by atoms with Crippen LogP contribution in [0.4, 0.5) is 0 Å². The van der Waals surface area contributed by atoms with Crippen molar-refractivity contribution < 1.29 is 0 Å². The van der Waals surface area contributed by atoms with Crippen molar-refractivity contribution in [3.05, 3.63) is 11.6 Å². The third-order valence-electron chi connectivity index (χ3n) is 2.28. The van der Waals surface area contributed by atoms with Gasteiger partial charge in [0.25, 0.3) is 0 Å². The van der Waals surface area contributed by atoms with Gasteiger partial charge in [-0.2, -0.15) is 5.10 Å². The van der Waals surface area contributed by atoms with Gasteiger partial charge in [-0.05, 0) is 25.3 Å². The topological polar surface area (TPSA) is 67.6 Å². The largest absolute Gasteiger partial charge is 0.330 e. The van der Waals surface area contributed by atoms with Gasteiger partial charge in [0.2, 0.25) is 0 Å². The molecule has 1 rings (SSSR count). The highest BCUT2D eigenvalue weighted by atomic mass is 15.2. The summed E-state index contributed by atoms with van der Waals surface area (Å²) >= 11 is 0. The molecule has 1 aromatic heterocycles. The molecule has 0 bridgehead atoms. The fourth-order valence-electron chi connectivity index (χ4n) is 1.53. The first kappa shape index (κ1) is 12.2. The second-order valence-electron chi connectivity index (χ2n) is 4.40. The second-order valence-corrected chi connectivity index (χ2v) is 4.40. The highest BCUT2D eigenvalue weighted by molar-refractivity contribution is 4.91. The Hall–Kier alpha value is -0.900. The SMILES string of the molecule is CC(C)Cc1nc(CCCCCN)n[nH]1. The van der Waals surface area contributed by atoms with Crippen LogP contribution in [0.15, 0.2) is 0 Å². The fourth-order valence-corrected chi connectivity index (χ4v) is 1.53. The zero-order valence-electron chi connectivity index (χ0n) is 9.79. The predicted molar refractivity (Wildman–Crippen MR) is 61.5 cm³/mol. The first-order valence-electron chi connectivity index (χ1n) is 5.82. The zero-order valence-corrected chi connectivity index (χ0v) is 9.79. The number of H-pyrrole nitrogens is 1. The lowest BCUT2D eigenvalue weighted by molar-refractivity contribution is 0.621. The molecule has 0 saturated carbocycles. The van der Waals surface area contributed by atoms with Gasteiger partial charge < -0.3 is 5.73 Å². The molecule has 0 atom stereocenters. The minimum atomic E-state index is 0.628. The smallest absolute Gasteiger partial charge is 0.150 e. The van der Waals surface area contributed by atoms with Crippen LogP contribution in [0.5, 0.6) is 0 Å². The van der Waals surface area contributed by atoms with Crippen LogP contribution in [0.1, 0.15) is 44.8 Å². The molecule has 0 aliphatic heterocycles. The van der Waals surface area contributed by atoms with E-state index in [1.165, 1.54) is 6.42 Å². The number of nitrogens with one attached hydrogen (secondary N) is 1. The number of nitrogens with two attached hydrogens (primary N) is 1. The number of rotatable bonds is 7. The number of aryl methyl sites for hydroxylation is 1. The zero-order chi connectivity index (χ0) is 11.1. The molecule has 15 heavy (non-hydrogen) atoms. The molecule has 0 aliphatic carbocycles. The number of aromatic amines is 1. The summed E-state index contributed by atoms with van der Waals surface area (Å²) in [5.41, 5.74) is 5.43. The van der Waals surface area contributed by atoms with Gasteiger partial charge in [0.15, 0.2) is 5.82 Å². The molecule has 4 nitrogen and oxygen atoms in total. The molecule has 1 aromatic rings. The molecule has 1 heterocycles. The highest BCUT2D eigenvalue weighted by Crippen LogP contribution is 2.05. The summed E-state index contributed by atoms with van der Waals surface area (Å²) in [4.78, 5) is 4.45. The summed E-state index contributed by atoms with van der Waals surface area (Å²) in [6.07, 6.45) is 5.36. The van der Waals surface area contributed by atoms with E-state index >= 15 is 0 Å². The minimum Gasteiger partial charge on any atom is -0.330 e. The predicted octanol–water partition coefficient (Wildman–Crippen LogP) is 1.67. The second kappa shape index (κ2) is 6.56. The van der Waals surface area contributed by atoms with E-state index in [0.29, 0.717) is 5.92 Å². The molecular weight excluding hydrogens is 188 g/mol. The molecule has 3 N–H and O–H groups in total. The van der Waals surface area contributed by atoms with Gasteiger partial charge in [-0.1, -0.05) is 20.3 Å². The summed E-state index contributed by atoms with van der Waals surface area (Å²) in [6.45, 7) is 5.15. The number of nitrogens with zero attached hydrogens (tertiary/aromatic N) is 2. The standard InChI is InChI=1S/C11H22N4/c1-9(2)8-11-13-10(14-15-11)6-4-3-5-7-12/h9H,3-8,12H2,1-2H3,(H,13,14,15). The number of hydrogen-bond donors (Lipinski definition) is 2. The molecule has 0 amide bonds. The molecule has 0 spiro atoms. The lowest BCUT2D eigenvalue weighted by Crippen LogP contribution is -1.99. The summed E-state index contributed by atoms with van der Waals surface area (Å²) < 4.78 is 0. The maximum Gasteiger partial charge on any atom is 0.150 e. The quantitative estimate of drug-likeness (QED) is 0.673. The van der Waals surface area contributed by atoms with Crippen molar-refractivity contribution in [1.82, 2.24) is 15.2 Å². The first-order chi connectivity index (χ1) is 7.22. The van der Waals surface area contributed by atoms with Gasteiger partial charge in [-0.15, -0.1) is 0 Å². The normalized spacial score (nSPS) is 11.2. The van der Waals surface area contributed by atoms with Crippen molar-refractivity contribution in [3.63, 3.8) is 0 Å². The molecule has 0 fully saturated rings. The van der Waals surface area contributed by atoms with Crippen LogP contribution in [0.2, 0.25) is 0 Å². The van der Waals surface area contributed by atoms with Crippen molar-refractivity contribution in [1.29, 1.82) is 0 Å². The average molecular weight is 210 g/mol. The van der Waals surface area contributed by atoms with E-state index in [9.17, 15) is 0 Å². The van der Waals surface area contributed by atoms with Gasteiger partial charge in [0.1, 0.15) is 5.82 Å². The van der Waals surface area contributed by atoms with Crippen LogP contribution < -0.4 is 5.73 Å². The van der Waals surface area contributed by atoms with E-state index in [1.807, 2.05) is 0 Å². The molecule has 0 radical (unpaired) electrons. The van der Waals surface area contributed by atoms with E-state index in [0.717, 1.165) is 43.9 Å². The highest BCUT2D eigenvalue weighted by Gasteiger charge is 2.04. The van der Waals surface area contributed by atoms with Crippen molar-refractivity contribution >= 4 is 0 Å². The summed E-state index contributed by atoms with van der Waals surface area (Å²) in [5, 5.41) is 7.19. The van der Waals surface area contributed by atoms with Gasteiger partial charge >= 0.3 is 0 Å². The Labute approximate surface area is 91.7 Å². The Kier molecular flexibility index (Phi) is 5.32. The molecule has 0 aromatic carbocycles. The van der Waals surface area contributed by atoms with Gasteiger partial charge in [-0.3, -0.25) is 5.10 Å². The van der Waals surface area contributed by atoms with Crippen molar-refractivity contribution in [2.24, 2.45) is 11.7 Å². The molecular formula is C11H22N4. The van der Waals surface area contributed by atoms with Crippen LogP contribution in [-0.2, 0) is 12.8 Å². The average Bonchev–Trinajstić information content (AvgIpc) is 2.59. The van der Waals surface area contributed by atoms with Crippen LogP contribution in [-0.4, -0.2) is 21.7 Å². The Morgan fingerprint density at radius 1 is 1.27 bits per heavy atom. The van der Waals surface area contributed by atoms with E-state index in [4.69, 9.17) is 5.73 Å². The van der Waals surface area contributed by atoms with E-state index in [1.54, 1.807) is 0 Å². The molecule has 0 saturated heterocycles. The molecule has 86 valence electrons. The molecule has 0 aliphatic rings. The van der Waals surface area contributed by atoms with Gasteiger partial charge in [0.05, 0.1) is 0 Å². The summed E-state index contributed by atoms with van der Waals surface area (Å²) in [5.74, 6) is 2.59. The maximum absolute atomic E-state index is 5.43. The van der Waals surface area contributed by atoms with E-state index in [-0.39, 0.29) is 0 Å². The Morgan fingerprint density at radius 2 is 2.07 bits per heavy atom. The minimum absolute atomic E-state index is 0.628. The van der Waals surface area contributed by atoms with Crippen molar-refractivity contribution in [3.8, 4) is 0 Å². The third kappa shape index (κ3) is 4.93. The van der Waals surface area contributed by atoms with Crippen molar-refractivity contribution in [2.45, 2.75) is 46.0 Å². The lowest BCUT2D eigenvalue weighted by Gasteiger charge is -1.98. The maximum atomic E-state index is 5.43. The van der Waals surface area contributed by atoms with Crippen LogP contribution in [0.3, 0.4) is 0 Å². The lowest BCUT2D eigenvalue weighted by atomic mass is 10.1.